The van der Waals surface area contributed by atoms with Gasteiger partial charge >= 0.3 is 0 Å². The Morgan fingerprint density at radius 1 is 1.33 bits per heavy atom. The molecule has 7 heteroatoms. The summed E-state index contributed by atoms with van der Waals surface area (Å²) in [5.74, 6) is -0.281. The first kappa shape index (κ1) is 14.6. The lowest BCUT2D eigenvalue weighted by molar-refractivity contribution is -0.384. The van der Waals surface area contributed by atoms with Crippen molar-refractivity contribution >= 4 is 11.5 Å². The number of nitrogens with zero attached hydrogens (tertiary/aromatic N) is 3. The number of Topliss-reactive ketones (excluding diaryl/α,β-unsaturated/α-hetero) is 1. The normalized spacial score (nSPS) is 10.4. The Bertz CT molecular complexity index is 763. The van der Waals surface area contributed by atoms with Gasteiger partial charge in [-0.3, -0.25) is 19.7 Å². The van der Waals surface area contributed by atoms with Gasteiger partial charge in [0.15, 0.2) is 5.78 Å². The minimum absolute atomic E-state index is 0.0491. The standard InChI is InChI=1S/C14H13N3O4/c1-3-16-13(19)8-12(9(2)18)14(15-16)10-4-6-11(7-5-10)17(20)21/h4-8H,3H2,1-2H3. The third-order valence-electron chi connectivity index (χ3n) is 3.03. The van der Waals surface area contributed by atoms with Crippen LogP contribution >= 0.6 is 0 Å². The van der Waals surface area contributed by atoms with Crippen LogP contribution in [0, 0.1) is 10.1 Å². The quantitative estimate of drug-likeness (QED) is 0.487. The second-order valence-corrected chi connectivity index (χ2v) is 4.42. The zero-order valence-corrected chi connectivity index (χ0v) is 11.6. The monoisotopic (exact) mass is 287 g/mol. The third kappa shape index (κ3) is 2.86. The van der Waals surface area contributed by atoms with Crippen molar-refractivity contribution in [3.8, 4) is 11.3 Å². The molecule has 0 aliphatic heterocycles. The lowest BCUT2D eigenvalue weighted by atomic mass is 10.0. The van der Waals surface area contributed by atoms with Crippen LogP contribution in [-0.4, -0.2) is 20.5 Å². The van der Waals surface area contributed by atoms with Crippen molar-refractivity contribution in [2.45, 2.75) is 20.4 Å². The van der Waals surface area contributed by atoms with Gasteiger partial charge in [0, 0.05) is 30.3 Å². The van der Waals surface area contributed by atoms with Crippen molar-refractivity contribution in [3.05, 3.63) is 56.4 Å². The Hall–Kier alpha value is -2.83. The maximum Gasteiger partial charge on any atom is 0.269 e. The lowest BCUT2D eigenvalue weighted by Crippen LogP contribution is -2.24. The minimum atomic E-state index is -0.504. The van der Waals surface area contributed by atoms with Gasteiger partial charge in [0.25, 0.3) is 11.2 Å². The summed E-state index contributed by atoms with van der Waals surface area (Å²) in [7, 11) is 0. The predicted octanol–water partition coefficient (Wildman–Crippen LogP) is 2.04. The van der Waals surface area contributed by atoms with Crippen LogP contribution in [0.5, 0.6) is 0 Å². The van der Waals surface area contributed by atoms with E-state index >= 15 is 0 Å². The molecule has 0 fully saturated rings. The largest absolute Gasteiger partial charge is 0.294 e. The van der Waals surface area contributed by atoms with Crippen molar-refractivity contribution < 1.29 is 9.72 Å². The second kappa shape index (κ2) is 5.66. The number of carbonyl (C=O) groups is 1. The van der Waals surface area contributed by atoms with Gasteiger partial charge in [-0.2, -0.15) is 5.10 Å². The van der Waals surface area contributed by atoms with Gasteiger partial charge in [-0.15, -0.1) is 0 Å². The fourth-order valence-corrected chi connectivity index (χ4v) is 1.94. The molecule has 7 nitrogen and oxygen atoms in total. The van der Waals surface area contributed by atoms with E-state index in [1.807, 2.05) is 0 Å². The molecule has 108 valence electrons. The molecule has 0 spiro atoms. The first-order valence-electron chi connectivity index (χ1n) is 6.32. The van der Waals surface area contributed by atoms with E-state index in [-0.39, 0.29) is 22.6 Å². The number of carbonyl (C=O) groups excluding carboxylic acids is 1. The number of aromatic nitrogens is 2. The van der Waals surface area contributed by atoms with Crippen molar-refractivity contribution in [2.24, 2.45) is 0 Å². The van der Waals surface area contributed by atoms with Gasteiger partial charge in [0.2, 0.25) is 0 Å². The molecule has 0 aliphatic rings. The topological polar surface area (TPSA) is 95.1 Å². The summed E-state index contributed by atoms with van der Waals surface area (Å²) >= 11 is 0. The number of nitro benzene ring substituents is 1. The SMILES string of the molecule is CCn1nc(-c2ccc([N+](=O)[O-])cc2)c(C(C)=O)cc1=O. The van der Waals surface area contributed by atoms with E-state index in [2.05, 4.69) is 5.10 Å². The van der Waals surface area contributed by atoms with E-state index in [4.69, 9.17) is 0 Å². The number of hydrogen-bond donors (Lipinski definition) is 0. The molecule has 1 aromatic carbocycles. The number of hydrogen-bond acceptors (Lipinski definition) is 5. The molecule has 0 aliphatic carbocycles. The predicted molar refractivity (Wildman–Crippen MR) is 76.3 cm³/mol. The number of nitro groups is 1. The van der Waals surface area contributed by atoms with Crippen LogP contribution in [0.15, 0.2) is 35.1 Å². The van der Waals surface area contributed by atoms with E-state index in [1.165, 1.54) is 41.9 Å². The second-order valence-electron chi connectivity index (χ2n) is 4.42. The maximum atomic E-state index is 11.8. The number of non-ortho nitro benzene ring substituents is 1. The lowest BCUT2D eigenvalue weighted by Gasteiger charge is -2.09. The Labute approximate surface area is 120 Å². The summed E-state index contributed by atoms with van der Waals surface area (Å²) in [6.07, 6.45) is 0. The molecular formula is C14H13N3O4. The number of aryl methyl sites for hydroxylation is 1. The average molecular weight is 287 g/mol. The summed E-state index contributed by atoms with van der Waals surface area (Å²) in [5.41, 5.74) is 0.700. The van der Waals surface area contributed by atoms with E-state index in [0.29, 0.717) is 17.8 Å². The Balaban J connectivity index is 2.63. The summed E-state index contributed by atoms with van der Waals surface area (Å²) in [5, 5.41) is 14.8. The molecule has 1 aromatic heterocycles. The average Bonchev–Trinajstić information content (AvgIpc) is 2.47. The van der Waals surface area contributed by atoms with Crippen LogP contribution in [0.3, 0.4) is 0 Å². The summed E-state index contributed by atoms with van der Waals surface area (Å²) in [6, 6.07) is 6.94. The molecular weight excluding hydrogens is 274 g/mol. The summed E-state index contributed by atoms with van der Waals surface area (Å²) in [4.78, 5) is 33.6. The first-order chi connectivity index (χ1) is 9.93. The smallest absolute Gasteiger partial charge is 0.269 e. The number of ketones is 1. The van der Waals surface area contributed by atoms with Crippen LogP contribution in [0.25, 0.3) is 11.3 Å². The first-order valence-corrected chi connectivity index (χ1v) is 6.32. The zero-order chi connectivity index (χ0) is 15.6. The van der Waals surface area contributed by atoms with Gasteiger partial charge < -0.3 is 0 Å². The van der Waals surface area contributed by atoms with Gasteiger partial charge in [-0.05, 0) is 26.0 Å². The molecule has 0 atom stereocenters. The highest BCUT2D eigenvalue weighted by Gasteiger charge is 2.15. The van der Waals surface area contributed by atoms with E-state index in [0.717, 1.165) is 0 Å². The van der Waals surface area contributed by atoms with Crippen LogP contribution in [0.4, 0.5) is 5.69 Å². The third-order valence-corrected chi connectivity index (χ3v) is 3.03. The van der Waals surface area contributed by atoms with Gasteiger partial charge in [-0.1, -0.05) is 0 Å². The van der Waals surface area contributed by atoms with Crippen LogP contribution in [-0.2, 0) is 6.54 Å². The summed E-state index contributed by atoms with van der Waals surface area (Å²) < 4.78 is 1.24. The molecule has 0 amide bonds. The molecule has 0 bridgehead atoms. The van der Waals surface area contributed by atoms with E-state index < -0.39 is 4.92 Å². The highest BCUT2D eigenvalue weighted by Crippen LogP contribution is 2.23. The van der Waals surface area contributed by atoms with Gasteiger partial charge in [-0.25, -0.2) is 4.68 Å². The molecule has 2 rings (SSSR count). The molecule has 0 N–H and O–H groups in total. The van der Waals surface area contributed by atoms with Crippen molar-refractivity contribution in [1.29, 1.82) is 0 Å². The minimum Gasteiger partial charge on any atom is -0.294 e. The van der Waals surface area contributed by atoms with Gasteiger partial charge in [0.1, 0.15) is 5.69 Å². The number of benzene rings is 1. The molecule has 21 heavy (non-hydrogen) atoms. The van der Waals surface area contributed by atoms with Crippen molar-refractivity contribution in [3.63, 3.8) is 0 Å². The van der Waals surface area contributed by atoms with E-state index in [1.54, 1.807) is 6.92 Å². The van der Waals surface area contributed by atoms with Crippen LogP contribution < -0.4 is 5.56 Å². The number of rotatable bonds is 4. The highest BCUT2D eigenvalue weighted by atomic mass is 16.6. The zero-order valence-electron chi connectivity index (χ0n) is 11.6. The molecule has 0 saturated carbocycles. The van der Waals surface area contributed by atoms with Crippen LogP contribution in [0.2, 0.25) is 0 Å². The summed E-state index contributed by atoms with van der Waals surface area (Å²) in [6.45, 7) is 3.49. The highest BCUT2D eigenvalue weighted by molar-refractivity contribution is 5.99. The molecule has 2 aromatic rings. The fourth-order valence-electron chi connectivity index (χ4n) is 1.94. The molecule has 0 unspecified atom stereocenters. The molecule has 0 radical (unpaired) electrons. The van der Waals surface area contributed by atoms with E-state index in [9.17, 15) is 19.7 Å². The Morgan fingerprint density at radius 2 is 1.95 bits per heavy atom. The maximum absolute atomic E-state index is 11.8. The Kier molecular flexibility index (Phi) is 3.93. The Morgan fingerprint density at radius 3 is 2.43 bits per heavy atom. The molecule has 0 saturated heterocycles. The van der Waals surface area contributed by atoms with Crippen LogP contribution in [0.1, 0.15) is 24.2 Å². The molecule has 1 heterocycles. The van der Waals surface area contributed by atoms with Crippen molar-refractivity contribution in [1.82, 2.24) is 9.78 Å². The fraction of sp³-hybridized carbons (Fsp3) is 0.214. The van der Waals surface area contributed by atoms with Crippen molar-refractivity contribution in [2.75, 3.05) is 0 Å². The van der Waals surface area contributed by atoms with Gasteiger partial charge in [0.05, 0.1) is 10.5 Å².